The minimum atomic E-state index is -0.399. The first-order valence-electron chi connectivity index (χ1n) is 5.79. The molecule has 0 saturated carbocycles. The molecule has 98 valence electrons. The van der Waals surface area contributed by atoms with E-state index in [0.29, 0.717) is 6.42 Å². The Labute approximate surface area is 107 Å². The van der Waals surface area contributed by atoms with Gasteiger partial charge in [0.1, 0.15) is 6.17 Å². The van der Waals surface area contributed by atoms with Gasteiger partial charge in [0.2, 0.25) is 0 Å². The van der Waals surface area contributed by atoms with Crippen LogP contribution in [0, 0.1) is 0 Å². The second-order valence-corrected chi connectivity index (χ2v) is 3.97. The Balaban J connectivity index is 2.48. The molecule has 0 heterocycles. The lowest BCUT2D eigenvalue weighted by atomic mass is 10.1. The van der Waals surface area contributed by atoms with Gasteiger partial charge in [-0.3, -0.25) is 0 Å². The van der Waals surface area contributed by atoms with E-state index in [4.69, 9.17) is 22.9 Å². The van der Waals surface area contributed by atoms with E-state index in [-0.39, 0.29) is 11.9 Å². The number of aryl methyl sites for hydroxylation is 1. The number of hydrogen-bond acceptors (Lipinski definition) is 2. The van der Waals surface area contributed by atoms with Crippen molar-refractivity contribution in [3.63, 3.8) is 0 Å². The van der Waals surface area contributed by atoms with Crippen molar-refractivity contribution in [1.82, 2.24) is 0 Å². The highest BCUT2D eigenvalue weighted by atomic mass is 15.1. The summed E-state index contributed by atoms with van der Waals surface area (Å²) in [4.78, 5) is 7.95. The highest BCUT2D eigenvalue weighted by molar-refractivity contribution is 5.77. The molecule has 0 bridgehead atoms. The zero-order chi connectivity index (χ0) is 13.4. The van der Waals surface area contributed by atoms with Crippen LogP contribution in [0.25, 0.3) is 0 Å². The SMILES string of the molecule is NC(N)=NC(CCCc1ccccc1)N=C(N)N. The average Bonchev–Trinajstić information content (AvgIpc) is 2.28. The van der Waals surface area contributed by atoms with E-state index in [2.05, 4.69) is 22.1 Å². The van der Waals surface area contributed by atoms with Gasteiger partial charge in [0, 0.05) is 0 Å². The third kappa shape index (κ3) is 5.74. The number of aliphatic imine (C=N–C) groups is 2. The lowest BCUT2D eigenvalue weighted by molar-refractivity contribution is 0.605. The lowest BCUT2D eigenvalue weighted by Gasteiger charge is -2.08. The molecule has 0 spiro atoms. The molecule has 18 heavy (non-hydrogen) atoms. The number of rotatable bonds is 6. The van der Waals surface area contributed by atoms with Gasteiger partial charge >= 0.3 is 0 Å². The van der Waals surface area contributed by atoms with Crippen molar-refractivity contribution in [1.29, 1.82) is 0 Å². The highest BCUT2D eigenvalue weighted by Gasteiger charge is 2.05. The Morgan fingerprint density at radius 2 is 1.50 bits per heavy atom. The summed E-state index contributed by atoms with van der Waals surface area (Å²) in [5.74, 6) is -0.0191. The third-order valence-electron chi connectivity index (χ3n) is 2.37. The zero-order valence-electron chi connectivity index (χ0n) is 10.3. The smallest absolute Gasteiger partial charge is 0.188 e. The summed E-state index contributed by atoms with van der Waals surface area (Å²) < 4.78 is 0. The van der Waals surface area contributed by atoms with Crippen molar-refractivity contribution in [2.45, 2.75) is 25.4 Å². The van der Waals surface area contributed by atoms with Gasteiger partial charge in [0.15, 0.2) is 11.9 Å². The van der Waals surface area contributed by atoms with Crippen molar-refractivity contribution in [2.75, 3.05) is 0 Å². The predicted molar refractivity (Wildman–Crippen MR) is 74.8 cm³/mol. The van der Waals surface area contributed by atoms with Crippen LogP contribution in [0.2, 0.25) is 0 Å². The summed E-state index contributed by atoms with van der Waals surface area (Å²) >= 11 is 0. The van der Waals surface area contributed by atoms with Crippen LogP contribution in [-0.4, -0.2) is 18.1 Å². The average molecular weight is 248 g/mol. The summed E-state index contributed by atoms with van der Waals surface area (Å²) in [6.07, 6.45) is 2.15. The monoisotopic (exact) mass is 248 g/mol. The van der Waals surface area contributed by atoms with Gasteiger partial charge in [0.05, 0.1) is 0 Å². The molecule has 0 radical (unpaired) electrons. The standard InChI is InChI=1S/C12H20N6/c13-11(14)17-10(18-12(15)16)8-4-7-9-5-2-1-3-6-9/h1-3,5-6,10H,4,7-8H2,(H4,13,14,17)(H4,15,16,18). The molecule has 0 fully saturated rings. The second kappa shape index (κ2) is 7.16. The van der Waals surface area contributed by atoms with Crippen LogP contribution in [-0.2, 0) is 6.42 Å². The molecule has 0 aromatic heterocycles. The molecule has 0 unspecified atom stereocenters. The highest BCUT2D eigenvalue weighted by Crippen LogP contribution is 2.09. The molecule has 1 aromatic rings. The third-order valence-corrected chi connectivity index (χ3v) is 2.37. The number of nitrogens with two attached hydrogens (primary N) is 4. The first-order valence-corrected chi connectivity index (χ1v) is 5.79. The first-order chi connectivity index (χ1) is 8.58. The van der Waals surface area contributed by atoms with E-state index in [1.807, 2.05) is 18.2 Å². The molecule has 1 rings (SSSR count). The normalized spacial score (nSPS) is 10.1. The Morgan fingerprint density at radius 1 is 0.944 bits per heavy atom. The number of benzene rings is 1. The van der Waals surface area contributed by atoms with E-state index < -0.39 is 6.17 Å². The molecule has 0 aliphatic rings. The van der Waals surface area contributed by atoms with Crippen LogP contribution >= 0.6 is 0 Å². The summed E-state index contributed by atoms with van der Waals surface area (Å²) in [6, 6.07) is 10.2. The first kappa shape index (κ1) is 13.8. The predicted octanol–water partition coefficient (Wildman–Crippen LogP) is -0.118. The fourth-order valence-corrected chi connectivity index (χ4v) is 1.64. The van der Waals surface area contributed by atoms with Gasteiger partial charge < -0.3 is 22.9 Å². The van der Waals surface area contributed by atoms with E-state index in [1.54, 1.807) is 0 Å². The minimum absolute atomic E-state index is 0.00953. The van der Waals surface area contributed by atoms with E-state index in [0.717, 1.165) is 12.8 Å². The van der Waals surface area contributed by atoms with Crippen LogP contribution < -0.4 is 22.9 Å². The molecule has 0 atom stereocenters. The summed E-state index contributed by atoms with van der Waals surface area (Å²) in [5, 5.41) is 0. The van der Waals surface area contributed by atoms with Crippen molar-refractivity contribution < 1.29 is 0 Å². The molecule has 0 saturated heterocycles. The molecule has 0 aliphatic carbocycles. The van der Waals surface area contributed by atoms with Crippen LogP contribution in [0.15, 0.2) is 40.3 Å². The van der Waals surface area contributed by atoms with E-state index in [1.165, 1.54) is 5.56 Å². The maximum absolute atomic E-state index is 5.33. The van der Waals surface area contributed by atoms with Gasteiger partial charge in [-0.15, -0.1) is 0 Å². The summed E-state index contributed by atoms with van der Waals surface area (Å²) in [7, 11) is 0. The van der Waals surface area contributed by atoms with Crippen LogP contribution in [0.4, 0.5) is 0 Å². The molecule has 8 N–H and O–H groups in total. The summed E-state index contributed by atoms with van der Waals surface area (Å²) in [6.45, 7) is 0. The Hall–Kier alpha value is -2.24. The van der Waals surface area contributed by atoms with Crippen molar-refractivity contribution in [3.05, 3.63) is 35.9 Å². The molecule has 6 heteroatoms. The quantitative estimate of drug-likeness (QED) is 0.413. The number of nitrogens with zero attached hydrogens (tertiary/aromatic N) is 2. The maximum atomic E-state index is 5.33. The lowest BCUT2D eigenvalue weighted by Crippen LogP contribution is -2.28. The van der Waals surface area contributed by atoms with Gasteiger partial charge in [-0.2, -0.15) is 0 Å². The Bertz CT molecular complexity index is 386. The maximum Gasteiger partial charge on any atom is 0.188 e. The fourth-order valence-electron chi connectivity index (χ4n) is 1.64. The summed E-state index contributed by atoms with van der Waals surface area (Å²) in [5.41, 5.74) is 22.6. The number of guanidine groups is 2. The fraction of sp³-hybridized carbons (Fsp3) is 0.333. The van der Waals surface area contributed by atoms with Gasteiger partial charge in [0.25, 0.3) is 0 Å². The van der Waals surface area contributed by atoms with Gasteiger partial charge in [-0.1, -0.05) is 30.3 Å². The van der Waals surface area contributed by atoms with Crippen molar-refractivity contribution in [2.24, 2.45) is 32.9 Å². The molecule has 6 nitrogen and oxygen atoms in total. The molecule has 0 amide bonds. The Morgan fingerprint density at radius 3 is 2.00 bits per heavy atom. The van der Waals surface area contributed by atoms with Crippen LogP contribution in [0.3, 0.4) is 0 Å². The van der Waals surface area contributed by atoms with Gasteiger partial charge in [-0.25, -0.2) is 9.98 Å². The van der Waals surface area contributed by atoms with Crippen LogP contribution in [0.1, 0.15) is 18.4 Å². The number of hydrogen-bond donors (Lipinski definition) is 4. The van der Waals surface area contributed by atoms with E-state index >= 15 is 0 Å². The van der Waals surface area contributed by atoms with E-state index in [9.17, 15) is 0 Å². The molecular weight excluding hydrogens is 228 g/mol. The Kier molecular flexibility index (Phi) is 5.50. The molecule has 0 aliphatic heterocycles. The molecular formula is C12H20N6. The largest absolute Gasteiger partial charge is 0.370 e. The van der Waals surface area contributed by atoms with Crippen molar-refractivity contribution in [3.8, 4) is 0 Å². The minimum Gasteiger partial charge on any atom is -0.370 e. The zero-order valence-corrected chi connectivity index (χ0v) is 10.3. The van der Waals surface area contributed by atoms with Crippen molar-refractivity contribution >= 4 is 11.9 Å². The second-order valence-electron chi connectivity index (χ2n) is 3.97. The topological polar surface area (TPSA) is 129 Å². The van der Waals surface area contributed by atoms with Crippen LogP contribution in [0.5, 0.6) is 0 Å². The van der Waals surface area contributed by atoms with Gasteiger partial charge in [-0.05, 0) is 24.8 Å². The molecule has 1 aromatic carbocycles.